The molecule has 0 bridgehead atoms. The third-order valence-corrected chi connectivity index (χ3v) is 4.73. The van der Waals surface area contributed by atoms with E-state index in [-0.39, 0.29) is 0 Å². The number of carbonyl (C=O) groups is 1. The molecule has 2 aliphatic carbocycles. The van der Waals surface area contributed by atoms with Crippen LogP contribution in [-0.4, -0.2) is 17.9 Å². The Kier molecular flexibility index (Phi) is 2.55. The van der Waals surface area contributed by atoms with Crippen molar-refractivity contribution in [2.24, 2.45) is 11.8 Å². The topological polar surface area (TPSA) is 29.1 Å². The molecule has 3 fully saturated rings. The largest absolute Gasteiger partial charge is 0.310 e. The van der Waals surface area contributed by atoms with Gasteiger partial charge < -0.3 is 5.32 Å². The number of fused-ring (bicyclic) bond motifs is 2. The second-order valence-corrected chi connectivity index (χ2v) is 5.62. The molecule has 0 radical (unpaired) electrons. The van der Waals surface area contributed by atoms with E-state index in [0.29, 0.717) is 17.7 Å². The van der Waals surface area contributed by atoms with Gasteiger partial charge in [-0.15, -0.1) is 0 Å². The van der Waals surface area contributed by atoms with Gasteiger partial charge in [0.15, 0.2) is 0 Å². The van der Waals surface area contributed by atoms with Crippen molar-refractivity contribution in [2.75, 3.05) is 0 Å². The van der Waals surface area contributed by atoms with E-state index in [1.165, 1.54) is 38.5 Å². The first kappa shape index (κ1) is 9.83. The molecule has 0 aromatic carbocycles. The normalized spacial score (nSPS) is 45.7. The Hall–Kier alpha value is -0.370. The molecule has 4 unspecified atom stereocenters. The minimum atomic E-state index is 0.373. The van der Waals surface area contributed by atoms with Crippen LogP contribution in [0, 0.1) is 11.8 Å². The van der Waals surface area contributed by atoms with E-state index < -0.39 is 0 Å². The van der Waals surface area contributed by atoms with Crippen LogP contribution in [0.25, 0.3) is 0 Å². The molecule has 0 aromatic heterocycles. The minimum Gasteiger partial charge on any atom is -0.310 e. The van der Waals surface area contributed by atoms with Crippen LogP contribution in [0.15, 0.2) is 0 Å². The number of hydrogen-bond donors (Lipinski definition) is 1. The zero-order valence-corrected chi connectivity index (χ0v) is 9.37. The van der Waals surface area contributed by atoms with Crippen molar-refractivity contribution in [3.8, 4) is 0 Å². The molecule has 1 saturated heterocycles. The number of rotatable bonds is 0. The quantitative estimate of drug-likeness (QED) is 0.660. The van der Waals surface area contributed by atoms with Crippen molar-refractivity contribution < 1.29 is 4.79 Å². The van der Waals surface area contributed by atoms with Crippen molar-refractivity contribution in [2.45, 2.75) is 63.5 Å². The van der Waals surface area contributed by atoms with Gasteiger partial charge in [0, 0.05) is 24.4 Å². The fourth-order valence-corrected chi connectivity index (χ4v) is 3.91. The van der Waals surface area contributed by atoms with Crippen molar-refractivity contribution in [1.82, 2.24) is 5.32 Å². The standard InChI is InChI=1S/C13H21NO/c15-13-7-3-6-12-10(13)8-9-4-1-2-5-11(9)14-12/h9-12,14H,1-8H2. The lowest BCUT2D eigenvalue weighted by molar-refractivity contribution is -0.128. The van der Waals surface area contributed by atoms with Crippen molar-refractivity contribution in [3.63, 3.8) is 0 Å². The second-order valence-electron chi connectivity index (χ2n) is 5.62. The van der Waals surface area contributed by atoms with Gasteiger partial charge in [-0.05, 0) is 38.0 Å². The molecule has 4 atom stereocenters. The van der Waals surface area contributed by atoms with Gasteiger partial charge in [-0.1, -0.05) is 12.8 Å². The molecule has 2 nitrogen and oxygen atoms in total. The highest BCUT2D eigenvalue weighted by atomic mass is 16.1. The number of Topliss-reactive ketones (excluding diaryl/α,β-unsaturated/α-hetero) is 1. The fraction of sp³-hybridized carbons (Fsp3) is 0.923. The highest BCUT2D eigenvalue weighted by molar-refractivity contribution is 5.82. The zero-order valence-electron chi connectivity index (χ0n) is 9.37. The lowest BCUT2D eigenvalue weighted by Crippen LogP contribution is -2.56. The molecule has 3 rings (SSSR count). The SMILES string of the molecule is O=C1CCCC2NC3CCCCC3CC12. The highest BCUT2D eigenvalue weighted by Gasteiger charge is 2.41. The predicted octanol–water partition coefficient (Wildman–Crippen LogP) is 2.28. The number of nitrogens with one attached hydrogen (secondary N) is 1. The predicted molar refractivity (Wildman–Crippen MR) is 59.6 cm³/mol. The van der Waals surface area contributed by atoms with Gasteiger partial charge in [-0.25, -0.2) is 0 Å². The second kappa shape index (κ2) is 3.89. The van der Waals surface area contributed by atoms with Crippen molar-refractivity contribution in [3.05, 3.63) is 0 Å². The number of hydrogen-bond acceptors (Lipinski definition) is 2. The third-order valence-electron chi connectivity index (χ3n) is 4.73. The fourth-order valence-electron chi connectivity index (χ4n) is 3.91. The van der Waals surface area contributed by atoms with Gasteiger partial charge >= 0.3 is 0 Å². The van der Waals surface area contributed by atoms with E-state index in [1.807, 2.05) is 0 Å². The number of piperidine rings is 1. The summed E-state index contributed by atoms with van der Waals surface area (Å²) < 4.78 is 0. The van der Waals surface area contributed by atoms with Crippen LogP contribution in [0.1, 0.15) is 51.4 Å². The third kappa shape index (κ3) is 1.73. The summed E-state index contributed by atoms with van der Waals surface area (Å²) in [5.74, 6) is 1.72. The van der Waals surface area contributed by atoms with Gasteiger partial charge in [0.25, 0.3) is 0 Å². The smallest absolute Gasteiger partial charge is 0.137 e. The maximum Gasteiger partial charge on any atom is 0.137 e. The molecule has 1 N–H and O–H groups in total. The van der Waals surface area contributed by atoms with Gasteiger partial charge in [0.1, 0.15) is 5.78 Å². The zero-order chi connectivity index (χ0) is 10.3. The molecule has 1 heterocycles. The molecule has 2 saturated carbocycles. The number of ketones is 1. The van der Waals surface area contributed by atoms with Crippen LogP contribution < -0.4 is 5.32 Å². The highest BCUT2D eigenvalue weighted by Crippen LogP contribution is 2.38. The summed E-state index contributed by atoms with van der Waals surface area (Å²) in [6.45, 7) is 0. The Morgan fingerprint density at radius 3 is 2.73 bits per heavy atom. The maximum atomic E-state index is 11.9. The van der Waals surface area contributed by atoms with Gasteiger partial charge in [-0.3, -0.25) is 4.79 Å². The van der Waals surface area contributed by atoms with E-state index in [1.54, 1.807) is 0 Å². The molecule has 15 heavy (non-hydrogen) atoms. The monoisotopic (exact) mass is 207 g/mol. The number of carbonyl (C=O) groups excluding carboxylic acids is 1. The summed E-state index contributed by atoms with van der Waals surface area (Å²) in [7, 11) is 0. The first-order valence-corrected chi connectivity index (χ1v) is 6.63. The van der Waals surface area contributed by atoms with Gasteiger partial charge in [-0.2, -0.15) is 0 Å². The molecular formula is C13H21NO. The minimum absolute atomic E-state index is 0.373. The summed E-state index contributed by atoms with van der Waals surface area (Å²) in [5, 5.41) is 3.77. The van der Waals surface area contributed by atoms with Crippen LogP contribution in [0.4, 0.5) is 0 Å². The van der Waals surface area contributed by atoms with E-state index >= 15 is 0 Å². The molecule has 84 valence electrons. The summed E-state index contributed by atoms with van der Waals surface area (Å²) >= 11 is 0. The summed E-state index contributed by atoms with van der Waals surface area (Å²) in [6, 6.07) is 1.27. The van der Waals surface area contributed by atoms with Crippen molar-refractivity contribution in [1.29, 1.82) is 0 Å². The first-order valence-electron chi connectivity index (χ1n) is 6.63. The van der Waals surface area contributed by atoms with E-state index in [4.69, 9.17) is 0 Å². The van der Waals surface area contributed by atoms with Gasteiger partial charge in [0.2, 0.25) is 0 Å². The molecule has 0 spiro atoms. The molecular weight excluding hydrogens is 186 g/mol. The molecule has 3 aliphatic rings. The molecule has 2 heteroatoms. The lowest BCUT2D eigenvalue weighted by atomic mass is 9.69. The lowest BCUT2D eigenvalue weighted by Gasteiger charge is -2.46. The average Bonchev–Trinajstić information content (AvgIpc) is 2.27. The van der Waals surface area contributed by atoms with Crippen LogP contribution in [0.2, 0.25) is 0 Å². The van der Waals surface area contributed by atoms with Crippen LogP contribution in [-0.2, 0) is 4.79 Å². The Labute approximate surface area is 91.8 Å². The Bertz CT molecular complexity index is 263. The molecule has 1 aliphatic heterocycles. The van der Waals surface area contributed by atoms with Gasteiger partial charge in [0.05, 0.1) is 0 Å². The van der Waals surface area contributed by atoms with E-state index in [2.05, 4.69) is 5.32 Å². The van der Waals surface area contributed by atoms with E-state index in [9.17, 15) is 4.79 Å². The molecule has 0 amide bonds. The molecule has 0 aromatic rings. The summed E-state index contributed by atoms with van der Waals surface area (Å²) in [4.78, 5) is 11.9. The Morgan fingerprint density at radius 2 is 1.80 bits per heavy atom. The van der Waals surface area contributed by atoms with Crippen LogP contribution in [0.5, 0.6) is 0 Å². The summed E-state index contributed by atoms with van der Waals surface area (Å²) in [5.41, 5.74) is 0. The summed E-state index contributed by atoms with van der Waals surface area (Å²) in [6.07, 6.45) is 9.87. The Balaban J connectivity index is 1.74. The van der Waals surface area contributed by atoms with Crippen LogP contribution >= 0.6 is 0 Å². The average molecular weight is 207 g/mol. The van der Waals surface area contributed by atoms with E-state index in [0.717, 1.165) is 24.8 Å². The maximum absolute atomic E-state index is 11.9. The van der Waals surface area contributed by atoms with Crippen LogP contribution in [0.3, 0.4) is 0 Å². The van der Waals surface area contributed by atoms with Crippen molar-refractivity contribution >= 4 is 5.78 Å². The first-order chi connectivity index (χ1) is 7.34. The Morgan fingerprint density at radius 1 is 1.00 bits per heavy atom.